The predicted octanol–water partition coefficient (Wildman–Crippen LogP) is 2.36. The van der Waals surface area contributed by atoms with Gasteiger partial charge in [0.15, 0.2) is 0 Å². The number of carboxylic acids is 2. The van der Waals surface area contributed by atoms with Gasteiger partial charge < -0.3 is 30.7 Å². The predicted molar refractivity (Wildman–Crippen MR) is 134 cm³/mol. The highest BCUT2D eigenvalue weighted by atomic mass is 19.1. The molecule has 2 aromatic carbocycles. The van der Waals surface area contributed by atoms with Crippen LogP contribution in [0.4, 0.5) is 14.5 Å². The van der Waals surface area contributed by atoms with Gasteiger partial charge in [-0.15, -0.1) is 0 Å². The second-order valence-electron chi connectivity index (χ2n) is 9.15. The zero-order valence-electron chi connectivity index (χ0n) is 20.0. The highest BCUT2D eigenvalue weighted by Crippen LogP contribution is 2.38. The molecule has 1 atom stereocenters. The van der Waals surface area contributed by atoms with E-state index in [1.54, 1.807) is 12.1 Å². The number of pyridine rings is 1. The fourth-order valence-electron chi connectivity index (χ4n) is 4.32. The number of carbonyl (C=O) groups is 2. The Bertz CT molecular complexity index is 1380. The molecule has 2 fully saturated rings. The molecule has 0 spiro atoms. The number of hydrogen-bond acceptors (Lipinski definition) is 6. The number of nitrogens with one attached hydrogen (secondary N) is 1. The van der Waals surface area contributed by atoms with Crippen molar-refractivity contribution in [3.05, 3.63) is 75.6 Å². The lowest BCUT2D eigenvalue weighted by atomic mass is 10.1. The van der Waals surface area contributed by atoms with E-state index in [4.69, 9.17) is 10.8 Å². The van der Waals surface area contributed by atoms with Crippen LogP contribution in [0.3, 0.4) is 0 Å². The lowest BCUT2D eigenvalue weighted by molar-refractivity contribution is -0.138. The van der Waals surface area contributed by atoms with Crippen LogP contribution in [-0.4, -0.2) is 58.9 Å². The topological polar surface area (TPSA) is 138 Å². The van der Waals surface area contributed by atoms with E-state index in [0.717, 1.165) is 25.9 Å². The minimum Gasteiger partial charge on any atom is -0.480 e. The Morgan fingerprint density at radius 3 is 2.41 bits per heavy atom. The Hall–Kier alpha value is -3.83. The second kappa shape index (κ2) is 11.1. The third-order valence-corrected chi connectivity index (χ3v) is 6.39. The van der Waals surface area contributed by atoms with Gasteiger partial charge in [0.25, 0.3) is 0 Å². The standard InChI is InChI=1S/C17H18FN3O3.C9H10FNO2/c18-13-7-11-14(8-15(13)20-5-3-19-4-6-20)21(10-1-2-10)9-12(16(11)22)17(23)24;10-7-3-1-2-6(4-7)5-8(11)9(12)13/h7-10,19H,1-6H2,(H,23,24);1-4,8H,5,11H2,(H,12,13). The molecule has 2 heterocycles. The Kier molecular flexibility index (Phi) is 7.84. The third-order valence-electron chi connectivity index (χ3n) is 6.39. The van der Waals surface area contributed by atoms with Crippen LogP contribution in [0.15, 0.2) is 47.4 Å². The van der Waals surface area contributed by atoms with Gasteiger partial charge in [-0.3, -0.25) is 9.59 Å². The fraction of sp³-hybridized carbons (Fsp3) is 0.346. The number of piperazine rings is 1. The molecule has 1 aliphatic carbocycles. The molecular formula is C26H28F2N4O5. The van der Waals surface area contributed by atoms with Gasteiger partial charge in [-0.05, 0) is 49.1 Å². The van der Waals surface area contributed by atoms with E-state index in [0.29, 0.717) is 29.9 Å². The zero-order valence-corrected chi connectivity index (χ0v) is 20.0. The van der Waals surface area contributed by atoms with Crippen molar-refractivity contribution in [3.8, 4) is 0 Å². The Balaban J connectivity index is 0.000000209. The van der Waals surface area contributed by atoms with E-state index in [1.807, 2.05) is 9.47 Å². The average molecular weight is 515 g/mol. The first-order chi connectivity index (χ1) is 17.7. The maximum atomic E-state index is 14.6. The van der Waals surface area contributed by atoms with Crippen molar-refractivity contribution in [1.29, 1.82) is 0 Å². The van der Waals surface area contributed by atoms with Crippen LogP contribution in [0, 0.1) is 11.6 Å². The molecule has 37 heavy (non-hydrogen) atoms. The first-order valence-electron chi connectivity index (χ1n) is 12.0. The van der Waals surface area contributed by atoms with Gasteiger partial charge in [0, 0.05) is 43.8 Å². The van der Waals surface area contributed by atoms with Gasteiger partial charge in [-0.2, -0.15) is 0 Å². The molecule has 5 N–H and O–H groups in total. The van der Waals surface area contributed by atoms with Gasteiger partial charge in [0.2, 0.25) is 5.43 Å². The molecule has 11 heteroatoms. The maximum absolute atomic E-state index is 14.6. The minimum absolute atomic E-state index is 0.137. The van der Waals surface area contributed by atoms with Crippen LogP contribution in [0.25, 0.3) is 10.9 Å². The number of carboxylic acid groups (broad SMARTS) is 2. The van der Waals surface area contributed by atoms with E-state index < -0.39 is 29.2 Å². The maximum Gasteiger partial charge on any atom is 0.341 e. The van der Waals surface area contributed by atoms with Gasteiger partial charge in [-0.25, -0.2) is 13.6 Å². The van der Waals surface area contributed by atoms with Crippen molar-refractivity contribution >= 4 is 28.5 Å². The van der Waals surface area contributed by atoms with Gasteiger partial charge in [0.1, 0.15) is 23.2 Å². The summed E-state index contributed by atoms with van der Waals surface area (Å²) in [6.45, 7) is 2.96. The molecule has 2 aliphatic rings. The molecule has 5 rings (SSSR count). The molecule has 1 saturated heterocycles. The van der Waals surface area contributed by atoms with Crippen LogP contribution in [0.5, 0.6) is 0 Å². The van der Waals surface area contributed by atoms with Crippen molar-refractivity contribution in [2.45, 2.75) is 31.3 Å². The molecular weight excluding hydrogens is 486 g/mol. The third kappa shape index (κ3) is 6.12. The monoisotopic (exact) mass is 514 g/mol. The molecule has 1 aromatic heterocycles. The van der Waals surface area contributed by atoms with Crippen molar-refractivity contribution in [1.82, 2.24) is 9.88 Å². The number of halogens is 2. The largest absolute Gasteiger partial charge is 0.480 e. The number of nitrogens with two attached hydrogens (primary N) is 1. The number of benzene rings is 2. The van der Waals surface area contributed by atoms with Gasteiger partial charge in [0.05, 0.1) is 11.2 Å². The SMILES string of the molecule is NC(Cc1cccc(F)c1)C(=O)O.O=C(O)c1cn(C2CC2)c2cc(N3CCNCC3)c(F)cc2c1=O. The smallest absolute Gasteiger partial charge is 0.341 e. The number of anilines is 1. The van der Waals surface area contributed by atoms with E-state index in [9.17, 15) is 28.3 Å². The summed E-state index contributed by atoms with van der Waals surface area (Å²) < 4.78 is 29.1. The number of rotatable bonds is 6. The van der Waals surface area contributed by atoms with Crippen molar-refractivity contribution in [3.63, 3.8) is 0 Å². The first kappa shape index (κ1) is 26.2. The first-order valence-corrected chi connectivity index (χ1v) is 12.0. The molecule has 3 aromatic rings. The number of nitrogens with zero attached hydrogens (tertiary/aromatic N) is 2. The number of fused-ring (bicyclic) bond motifs is 1. The van der Waals surface area contributed by atoms with Crippen LogP contribution in [0.1, 0.15) is 34.8 Å². The number of hydrogen-bond donors (Lipinski definition) is 4. The van der Waals surface area contributed by atoms with Gasteiger partial charge in [-0.1, -0.05) is 12.1 Å². The normalized spacial score (nSPS) is 16.1. The highest BCUT2D eigenvalue weighted by molar-refractivity contribution is 5.93. The molecule has 1 unspecified atom stereocenters. The van der Waals surface area contributed by atoms with E-state index in [2.05, 4.69) is 5.32 Å². The van der Waals surface area contributed by atoms with Crippen LogP contribution in [0.2, 0.25) is 0 Å². The Morgan fingerprint density at radius 1 is 1.11 bits per heavy atom. The van der Waals surface area contributed by atoms with E-state index in [1.165, 1.54) is 30.5 Å². The molecule has 0 radical (unpaired) electrons. The summed E-state index contributed by atoms with van der Waals surface area (Å²) in [5, 5.41) is 21.1. The molecule has 196 valence electrons. The summed E-state index contributed by atoms with van der Waals surface area (Å²) in [7, 11) is 0. The molecule has 9 nitrogen and oxygen atoms in total. The van der Waals surface area contributed by atoms with Gasteiger partial charge >= 0.3 is 11.9 Å². The van der Waals surface area contributed by atoms with Crippen LogP contribution in [-0.2, 0) is 11.2 Å². The minimum atomic E-state index is -1.28. The van der Waals surface area contributed by atoms with E-state index in [-0.39, 0.29) is 29.2 Å². The Labute approximate surface area is 211 Å². The van der Waals surface area contributed by atoms with Crippen molar-refractivity contribution < 1.29 is 28.6 Å². The quantitative estimate of drug-likeness (QED) is 0.393. The van der Waals surface area contributed by atoms with Crippen molar-refractivity contribution in [2.75, 3.05) is 31.1 Å². The molecule has 0 bridgehead atoms. The molecule has 0 amide bonds. The average Bonchev–Trinajstić information content (AvgIpc) is 3.70. The lowest BCUT2D eigenvalue weighted by Crippen LogP contribution is -2.43. The number of aromatic nitrogens is 1. The zero-order chi connectivity index (χ0) is 26.7. The number of aliphatic carboxylic acids is 1. The highest BCUT2D eigenvalue weighted by Gasteiger charge is 2.28. The number of aromatic carboxylic acids is 1. The summed E-state index contributed by atoms with van der Waals surface area (Å²) >= 11 is 0. The second-order valence-corrected chi connectivity index (χ2v) is 9.15. The summed E-state index contributed by atoms with van der Waals surface area (Å²) in [6.07, 6.45) is 3.44. The summed E-state index contributed by atoms with van der Waals surface area (Å²) in [5.74, 6) is -3.21. The van der Waals surface area contributed by atoms with Crippen molar-refractivity contribution in [2.24, 2.45) is 5.73 Å². The van der Waals surface area contributed by atoms with E-state index >= 15 is 0 Å². The summed E-state index contributed by atoms with van der Waals surface area (Å²) in [4.78, 5) is 36.1. The summed E-state index contributed by atoms with van der Waals surface area (Å²) in [6, 6.07) is 7.86. The van der Waals surface area contributed by atoms with Crippen LogP contribution < -0.4 is 21.4 Å². The van der Waals surface area contributed by atoms with Crippen LogP contribution >= 0.6 is 0 Å². The Morgan fingerprint density at radius 2 is 1.81 bits per heavy atom. The molecule has 1 aliphatic heterocycles. The molecule has 1 saturated carbocycles. The lowest BCUT2D eigenvalue weighted by Gasteiger charge is -2.30. The fourth-order valence-corrected chi connectivity index (χ4v) is 4.32. The summed E-state index contributed by atoms with van der Waals surface area (Å²) in [5.41, 5.74) is 6.03.